The van der Waals surface area contributed by atoms with Crippen LogP contribution in [-0.4, -0.2) is 14.8 Å². The molecule has 2 aliphatic rings. The van der Waals surface area contributed by atoms with E-state index in [4.69, 9.17) is 4.74 Å². The van der Waals surface area contributed by atoms with E-state index in [0.717, 1.165) is 33.0 Å². The first-order chi connectivity index (χ1) is 14.3. The fourth-order valence-electron chi connectivity index (χ4n) is 4.06. The van der Waals surface area contributed by atoms with Crippen molar-refractivity contribution < 1.29 is 9.13 Å². The third kappa shape index (κ3) is 2.51. The van der Waals surface area contributed by atoms with Crippen molar-refractivity contribution in [3.05, 3.63) is 99.8 Å². The number of nitrogens with zero attached hydrogens (tertiary/aromatic N) is 3. The summed E-state index contributed by atoms with van der Waals surface area (Å²) in [4.78, 5) is 5.50. The summed E-state index contributed by atoms with van der Waals surface area (Å²) in [5.74, 6) is 1.21. The maximum atomic E-state index is 13.6. The summed E-state index contributed by atoms with van der Waals surface area (Å²) in [7, 11) is 0. The molecule has 0 saturated heterocycles. The third-order valence-corrected chi connectivity index (χ3v) is 6.22. The van der Waals surface area contributed by atoms with E-state index < -0.39 is 0 Å². The van der Waals surface area contributed by atoms with Crippen molar-refractivity contribution in [2.45, 2.75) is 12.1 Å². The second-order valence-electron chi connectivity index (χ2n) is 6.95. The van der Waals surface area contributed by atoms with Crippen molar-refractivity contribution in [2.75, 3.05) is 5.32 Å². The second kappa shape index (κ2) is 6.28. The SMILES string of the molecule is Fc1ccc(C2C3=C(Nc4ncnn42)c2ccccc2OC3c2cccs2)cc1. The molecule has 0 spiro atoms. The van der Waals surface area contributed by atoms with Gasteiger partial charge < -0.3 is 10.1 Å². The Morgan fingerprint density at radius 2 is 1.90 bits per heavy atom. The van der Waals surface area contributed by atoms with Crippen LogP contribution in [-0.2, 0) is 0 Å². The molecule has 6 rings (SSSR count). The van der Waals surface area contributed by atoms with E-state index in [1.807, 2.05) is 40.4 Å². The van der Waals surface area contributed by atoms with Gasteiger partial charge >= 0.3 is 0 Å². The summed E-state index contributed by atoms with van der Waals surface area (Å²) in [5.41, 5.74) is 3.92. The fraction of sp³-hybridized carbons (Fsp3) is 0.0909. The normalized spacial score (nSPS) is 19.6. The average molecular weight is 402 g/mol. The average Bonchev–Trinajstić information content (AvgIpc) is 3.44. The molecular formula is C22H15FN4OS. The highest BCUT2D eigenvalue weighted by molar-refractivity contribution is 7.10. The number of nitrogens with one attached hydrogen (secondary N) is 1. The van der Waals surface area contributed by atoms with Crippen LogP contribution in [0.15, 0.2) is 77.9 Å². The summed E-state index contributed by atoms with van der Waals surface area (Å²) in [5, 5.41) is 9.97. The van der Waals surface area contributed by atoms with Crippen LogP contribution in [0.2, 0.25) is 0 Å². The summed E-state index contributed by atoms with van der Waals surface area (Å²) in [6, 6.07) is 18.4. The first-order valence-electron chi connectivity index (χ1n) is 9.25. The first kappa shape index (κ1) is 16.5. The molecule has 0 saturated carbocycles. The Morgan fingerprint density at radius 3 is 2.72 bits per heavy atom. The van der Waals surface area contributed by atoms with Gasteiger partial charge in [0.1, 0.15) is 23.9 Å². The van der Waals surface area contributed by atoms with Crippen molar-refractivity contribution in [1.82, 2.24) is 14.8 Å². The fourth-order valence-corrected chi connectivity index (χ4v) is 4.83. The number of thiophene rings is 1. The monoisotopic (exact) mass is 402 g/mol. The Kier molecular flexibility index (Phi) is 3.57. The zero-order valence-electron chi connectivity index (χ0n) is 15.1. The van der Waals surface area contributed by atoms with Crippen molar-refractivity contribution in [2.24, 2.45) is 0 Å². The van der Waals surface area contributed by atoms with Crippen molar-refractivity contribution >= 4 is 23.0 Å². The molecule has 2 aromatic carbocycles. The Labute approximate surface area is 170 Å². The lowest BCUT2D eigenvalue weighted by Gasteiger charge is -2.38. The lowest BCUT2D eigenvalue weighted by molar-refractivity contribution is 0.226. The van der Waals surface area contributed by atoms with Gasteiger partial charge in [-0.1, -0.05) is 30.3 Å². The molecule has 2 unspecified atom stereocenters. The van der Waals surface area contributed by atoms with E-state index in [0.29, 0.717) is 5.95 Å². The first-order valence-corrected chi connectivity index (χ1v) is 10.1. The Bertz CT molecular complexity index is 1230. The summed E-state index contributed by atoms with van der Waals surface area (Å²) >= 11 is 1.65. The minimum Gasteiger partial charge on any atom is -0.480 e. The number of hydrogen-bond acceptors (Lipinski definition) is 5. The quantitative estimate of drug-likeness (QED) is 0.510. The molecule has 0 radical (unpaired) electrons. The number of para-hydroxylation sites is 1. The van der Waals surface area contributed by atoms with Gasteiger partial charge in [0.05, 0.1) is 5.70 Å². The number of rotatable bonds is 2. The van der Waals surface area contributed by atoms with Crippen LogP contribution >= 0.6 is 11.3 Å². The highest BCUT2D eigenvalue weighted by Gasteiger charge is 2.41. The molecule has 2 aliphatic heterocycles. The molecule has 29 heavy (non-hydrogen) atoms. The molecule has 1 N–H and O–H groups in total. The number of fused-ring (bicyclic) bond motifs is 3. The van der Waals surface area contributed by atoms with Gasteiger partial charge in [-0.15, -0.1) is 11.3 Å². The zero-order valence-corrected chi connectivity index (χ0v) is 15.9. The highest BCUT2D eigenvalue weighted by atomic mass is 32.1. The Balaban J connectivity index is 1.64. The van der Waals surface area contributed by atoms with Crippen LogP contribution in [0.3, 0.4) is 0 Å². The van der Waals surface area contributed by atoms with E-state index in [1.54, 1.807) is 23.5 Å². The predicted molar refractivity (Wildman–Crippen MR) is 109 cm³/mol. The molecule has 0 aliphatic carbocycles. The summed E-state index contributed by atoms with van der Waals surface area (Å²) in [6.07, 6.45) is 1.25. The molecule has 4 heterocycles. The molecule has 4 aromatic rings. The number of halogens is 1. The minimum atomic E-state index is -0.278. The van der Waals surface area contributed by atoms with Crippen LogP contribution in [0.25, 0.3) is 5.70 Å². The van der Waals surface area contributed by atoms with Gasteiger partial charge in [-0.2, -0.15) is 10.1 Å². The van der Waals surface area contributed by atoms with Crippen molar-refractivity contribution in [1.29, 1.82) is 0 Å². The maximum absolute atomic E-state index is 13.6. The molecule has 0 amide bonds. The Hall–Kier alpha value is -3.45. The van der Waals surface area contributed by atoms with E-state index in [2.05, 4.69) is 21.5 Å². The molecule has 7 heteroatoms. The number of ether oxygens (including phenoxy) is 1. The smallest absolute Gasteiger partial charge is 0.226 e. The van der Waals surface area contributed by atoms with Crippen LogP contribution in [0.5, 0.6) is 5.75 Å². The minimum absolute atomic E-state index is 0.259. The molecule has 2 aromatic heterocycles. The Morgan fingerprint density at radius 1 is 1.03 bits per heavy atom. The largest absolute Gasteiger partial charge is 0.480 e. The van der Waals surface area contributed by atoms with E-state index in [1.165, 1.54) is 18.5 Å². The molecule has 2 atom stereocenters. The van der Waals surface area contributed by atoms with Gasteiger partial charge in [0, 0.05) is 16.0 Å². The zero-order chi connectivity index (χ0) is 19.4. The number of anilines is 1. The lowest BCUT2D eigenvalue weighted by Crippen LogP contribution is -2.32. The van der Waals surface area contributed by atoms with Crippen molar-refractivity contribution in [3.8, 4) is 5.75 Å². The standard InChI is InChI=1S/C22H15FN4OS/c23-14-9-7-13(8-10-14)20-18-19(26-22-24-12-25-27(20)22)15-4-1-2-5-16(15)28-21(18)17-6-3-11-29-17/h1-12,20-21H,(H,24,25,26). The van der Waals surface area contributed by atoms with Crippen LogP contribution in [0.1, 0.15) is 28.1 Å². The van der Waals surface area contributed by atoms with Gasteiger partial charge in [0.25, 0.3) is 0 Å². The van der Waals surface area contributed by atoms with Crippen LogP contribution < -0.4 is 10.1 Å². The summed E-state index contributed by atoms with van der Waals surface area (Å²) < 4.78 is 22.0. The maximum Gasteiger partial charge on any atom is 0.226 e. The van der Waals surface area contributed by atoms with Crippen LogP contribution in [0, 0.1) is 5.82 Å². The molecule has 142 valence electrons. The third-order valence-electron chi connectivity index (χ3n) is 5.31. The van der Waals surface area contributed by atoms with Crippen molar-refractivity contribution in [3.63, 3.8) is 0 Å². The molecule has 5 nitrogen and oxygen atoms in total. The number of benzene rings is 2. The van der Waals surface area contributed by atoms with E-state index in [9.17, 15) is 4.39 Å². The van der Waals surface area contributed by atoms with Crippen LogP contribution in [0.4, 0.5) is 10.3 Å². The topological polar surface area (TPSA) is 52.0 Å². The molecular weight excluding hydrogens is 387 g/mol. The van der Waals surface area contributed by atoms with Gasteiger partial charge in [0.15, 0.2) is 6.10 Å². The summed E-state index contributed by atoms with van der Waals surface area (Å²) in [6.45, 7) is 0. The number of aromatic nitrogens is 3. The molecule has 0 bridgehead atoms. The van der Waals surface area contributed by atoms with Gasteiger partial charge in [-0.25, -0.2) is 9.07 Å². The second-order valence-corrected chi connectivity index (χ2v) is 7.93. The van der Waals surface area contributed by atoms with Gasteiger partial charge in [0.2, 0.25) is 5.95 Å². The highest BCUT2D eigenvalue weighted by Crippen LogP contribution is 2.51. The van der Waals surface area contributed by atoms with E-state index >= 15 is 0 Å². The van der Waals surface area contributed by atoms with Gasteiger partial charge in [-0.3, -0.25) is 0 Å². The molecule has 0 fully saturated rings. The van der Waals surface area contributed by atoms with E-state index in [-0.39, 0.29) is 18.0 Å². The predicted octanol–water partition coefficient (Wildman–Crippen LogP) is 5.04. The number of hydrogen-bond donors (Lipinski definition) is 1. The lowest BCUT2D eigenvalue weighted by atomic mass is 9.86. The van der Waals surface area contributed by atoms with Gasteiger partial charge in [-0.05, 0) is 41.3 Å².